The third kappa shape index (κ3) is 5.04. The second kappa shape index (κ2) is 8.08. The Morgan fingerprint density at radius 2 is 2.09 bits per heavy atom. The third-order valence-electron chi connectivity index (χ3n) is 3.01. The first-order valence-corrected chi connectivity index (χ1v) is 7.59. The van der Waals surface area contributed by atoms with Crippen LogP contribution >= 0.6 is 23.2 Å². The minimum absolute atomic E-state index is 0.0541. The molecule has 2 rings (SSSR count). The van der Waals surface area contributed by atoms with Gasteiger partial charge in [-0.15, -0.1) is 0 Å². The highest BCUT2D eigenvalue weighted by atomic mass is 35.5. The highest BCUT2D eigenvalue weighted by Gasteiger charge is 2.18. The Morgan fingerprint density at radius 3 is 2.74 bits per heavy atom. The zero-order chi connectivity index (χ0) is 16.8. The molecule has 1 aliphatic rings. The van der Waals surface area contributed by atoms with Gasteiger partial charge < -0.3 is 19.5 Å². The first-order chi connectivity index (χ1) is 11.0. The second-order valence-electron chi connectivity index (χ2n) is 4.74. The number of ether oxygens (including phenoxy) is 3. The van der Waals surface area contributed by atoms with E-state index in [1.807, 2.05) is 0 Å². The van der Waals surface area contributed by atoms with Gasteiger partial charge in [-0.3, -0.25) is 4.79 Å². The predicted molar refractivity (Wildman–Crippen MR) is 84.0 cm³/mol. The van der Waals surface area contributed by atoms with Crippen LogP contribution in [0.3, 0.4) is 0 Å². The Morgan fingerprint density at radius 1 is 1.30 bits per heavy atom. The van der Waals surface area contributed by atoms with Crippen LogP contribution < -0.4 is 5.32 Å². The molecule has 0 aromatic heterocycles. The van der Waals surface area contributed by atoms with Crippen LogP contribution in [0.25, 0.3) is 0 Å². The normalized spacial score (nSPS) is 14.8. The Labute approximate surface area is 143 Å². The van der Waals surface area contributed by atoms with Gasteiger partial charge in [-0.1, -0.05) is 29.3 Å². The van der Waals surface area contributed by atoms with Gasteiger partial charge in [0.25, 0.3) is 5.91 Å². The lowest BCUT2D eigenvalue weighted by atomic mass is 10.1. The van der Waals surface area contributed by atoms with Crippen LogP contribution in [0.2, 0.25) is 10.0 Å². The summed E-state index contributed by atoms with van der Waals surface area (Å²) in [5.74, 6) is -1.25. The molecule has 23 heavy (non-hydrogen) atoms. The molecule has 124 valence electrons. The molecule has 1 aliphatic heterocycles. The minimum Gasteiger partial charge on any atom is -0.493 e. The molecule has 0 unspecified atom stereocenters. The van der Waals surface area contributed by atoms with Gasteiger partial charge in [0.1, 0.15) is 19.5 Å². The fourth-order valence-corrected chi connectivity index (χ4v) is 2.13. The molecule has 1 amide bonds. The van der Waals surface area contributed by atoms with Gasteiger partial charge in [0.2, 0.25) is 5.76 Å². The van der Waals surface area contributed by atoms with Crippen molar-refractivity contribution in [1.82, 2.24) is 5.32 Å². The van der Waals surface area contributed by atoms with Crippen LogP contribution in [0.4, 0.5) is 0 Å². The minimum atomic E-state index is -0.748. The molecule has 1 N–H and O–H groups in total. The van der Waals surface area contributed by atoms with Gasteiger partial charge in [-0.2, -0.15) is 0 Å². The van der Waals surface area contributed by atoms with E-state index in [0.717, 1.165) is 5.56 Å². The van der Waals surface area contributed by atoms with Crippen LogP contribution in [0, 0.1) is 0 Å². The molecule has 1 aromatic rings. The highest BCUT2D eigenvalue weighted by Crippen LogP contribution is 2.25. The smallest absolute Gasteiger partial charge is 0.377 e. The molecule has 0 fully saturated rings. The quantitative estimate of drug-likeness (QED) is 0.818. The van der Waals surface area contributed by atoms with Gasteiger partial charge >= 0.3 is 5.97 Å². The Hall–Kier alpha value is -1.92. The monoisotopic (exact) mass is 359 g/mol. The van der Waals surface area contributed by atoms with Crippen LogP contribution in [0.15, 0.2) is 30.2 Å². The van der Waals surface area contributed by atoms with Crippen molar-refractivity contribution >= 4 is 35.1 Å². The molecule has 0 aliphatic carbocycles. The van der Waals surface area contributed by atoms with E-state index < -0.39 is 18.5 Å². The van der Waals surface area contributed by atoms with Crippen molar-refractivity contribution < 1.29 is 23.8 Å². The average molecular weight is 360 g/mol. The van der Waals surface area contributed by atoms with Crippen LogP contribution in [0.5, 0.6) is 0 Å². The van der Waals surface area contributed by atoms with Gasteiger partial charge in [-0.05, 0) is 24.6 Å². The average Bonchev–Trinajstić information content (AvgIpc) is 2.55. The number of hydrogen-bond donors (Lipinski definition) is 1. The van der Waals surface area contributed by atoms with Gasteiger partial charge in [0, 0.05) is 0 Å². The number of halogens is 2. The first kappa shape index (κ1) is 17.4. The third-order valence-corrected chi connectivity index (χ3v) is 3.74. The lowest BCUT2D eigenvalue weighted by Gasteiger charge is -2.16. The maximum absolute atomic E-state index is 11.8. The van der Waals surface area contributed by atoms with E-state index in [9.17, 15) is 9.59 Å². The highest BCUT2D eigenvalue weighted by molar-refractivity contribution is 6.42. The number of hydrogen-bond acceptors (Lipinski definition) is 5. The second-order valence-corrected chi connectivity index (χ2v) is 5.55. The largest absolute Gasteiger partial charge is 0.493 e. The number of benzene rings is 1. The van der Waals surface area contributed by atoms with E-state index in [1.54, 1.807) is 25.1 Å². The fourth-order valence-electron chi connectivity index (χ4n) is 1.83. The lowest BCUT2D eigenvalue weighted by molar-refractivity contribution is -0.149. The summed E-state index contributed by atoms with van der Waals surface area (Å²) in [6.45, 7) is 1.99. The van der Waals surface area contributed by atoms with Crippen molar-refractivity contribution in [3.63, 3.8) is 0 Å². The summed E-state index contributed by atoms with van der Waals surface area (Å²) in [4.78, 5) is 23.5. The molecule has 0 saturated heterocycles. The van der Waals surface area contributed by atoms with Crippen molar-refractivity contribution in [2.75, 3.05) is 19.8 Å². The topological polar surface area (TPSA) is 73.9 Å². The lowest BCUT2D eigenvalue weighted by Crippen LogP contribution is -2.31. The molecule has 1 aromatic carbocycles. The number of carbonyl (C=O) groups is 2. The number of nitrogens with one attached hydrogen (secondary N) is 1. The summed E-state index contributed by atoms with van der Waals surface area (Å²) in [6, 6.07) is 4.75. The van der Waals surface area contributed by atoms with Crippen LogP contribution in [0.1, 0.15) is 18.5 Å². The van der Waals surface area contributed by atoms with Crippen LogP contribution in [-0.4, -0.2) is 31.7 Å². The van der Waals surface area contributed by atoms with Crippen molar-refractivity contribution in [1.29, 1.82) is 0 Å². The standard InChI is InChI=1S/C15H15Cl2NO5/c1-9(10-2-3-11(16)12(17)6-10)18-14(19)8-23-15(20)13-7-21-4-5-22-13/h2-3,6-7,9H,4-5,8H2,1H3,(H,18,19)/t9-/m0/s1. The van der Waals surface area contributed by atoms with E-state index in [2.05, 4.69) is 5.32 Å². The number of esters is 1. The SMILES string of the molecule is C[C@H](NC(=O)COC(=O)C1=COCCO1)c1ccc(Cl)c(Cl)c1. The van der Waals surface area contributed by atoms with Gasteiger partial charge in [0.15, 0.2) is 6.61 Å². The van der Waals surface area contributed by atoms with Crippen molar-refractivity contribution in [3.05, 3.63) is 45.8 Å². The van der Waals surface area contributed by atoms with E-state index in [4.69, 9.17) is 37.4 Å². The van der Waals surface area contributed by atoms with E-state index in [0.29, 0.717) is 16.7 Å². The summed E-state index contributed by atoms with van der Waals surface area (Å²) < 4.78 is 14.8. The summed E-state index contributed by atoms with van der Waals surface area (Å²) in [7, 11) is 0. The number of amides is 1. The zero-order valence-corrected chi connectivity index (χ0v) is 13.8. The van der Waals surface area contributed by atoms with E-state index in [1.165, 1.54) is 6.26 Å². The molecule has 0 spiro atoms. The molecule has 0 bridgehead atoms. The molecule has 0 saturated carbocycles. The van der Waals surface area contributed by atoms with Crippen LogP contribution in [-0.2, 0) is 23.8 Å². The molecular formula is C15H15Cl2NO5. The number of rotatable bonds is 5. The van der Waals surface area contributed by atoms with Crippen molar-refractivity contribution in [3.8, 4) is 0 Å². The van der Waals surface area contributed by atoms with E-state index in [-0.39, 0.29) is 18.4 Å². The van der Waals surface area contributed by atoms with Crippen molar-refractivity contribution in [2.45, 2.75) is 13.0 Å². The van der Waals surface area contributed by atoms with Crippen molar-refractivity contribution in [2.24, 2.45) is 0 Å². The maximum Gasteiger partial charge on any atom is 0.377 e. The Bertz CT molecular complexity index is 632. The summed E-state index contributed by atoms with van der Waals surface area (Å²) in [5, 5.41) is 3.53. The number of carbonyl (C=O) groups excluding carboxylic acids is 2. The first-order valence-electron chi connectivity index (χ1n) is 6.83. The predicted octanol–water partition coefficient (Wildman–Crippen LogP) is 2.60. The molecule has 1 heterocycles. The van der Waals surface area contributed by atoms with Gasteiger partial charge in [0.05, 0.1) is 16.1 Å². The Kier molecular flexibility index (Phi) is 6.12. The molecule has 8 heteroatoms. The summed E-state index contributed by atoms with van der Waals surface area (Å²) >= 11 is 11.8. The van der Waals surface area contributed by atoms with Gasteiger partial charge in [-0.25, -0.2) is 4.79 Å². The molecular weight excluding hydrogens is 345 g/mol. The molecule has 6 nitrogen and oxygen atoms in total. The molecule has 1 atom stereocenters. The molecule has 0 radical (unpaired) electrons. The fraction of sp³-hybridized carbons (Fsp3) is 0.333. The van der Waals surface area contributed by atoms with E-state index >= 15 is 0 Å². The maximum atomic E-state index is 11.8. The zero-order valence-electron chi connectivity index (χ0n) is 12.3. The summed E-state index contributed by atoms with van der Waals surface area (Å²) in [5.41, 5.74) is 0.783. The summed E-state index contributed by atoms with van der Waals surface area (Å²) in [6.07, 6.45) is 1.17. The Balaban J connectivity index is 1.83.